The Kier molecular flexibility index (Phi) is 4.81. The SMILES string of the molecule is CCc1nccn1CCN1C[C@](C)(Cc2ccc3c(c2)OCO3)CCC1=O. The number of piperidine rings is 1. The number of fused-ring (bicyclic) bond motifs is 1. The minimum atomic E-state index is 0.0735. The van der Waals surface area contributed by atoms with Crippen LogP contribution in [0.15, 0.2) is 30.6 Å². The van der Waals surface area contributed by atoms with Crippen molar-refractivity contribution in [3.05, 3.63) is 42.0 Å². The number of nitrogens with zero attached hydrogens (tertiary/aromatic N) is 3. The molecule has 0 N–H and O–H groups in total. The fourth-order valence-corrected chi connectivity index (χ4v) is 4.17. The molecule has 0 bridgehead atoms. The molecule has 1 atom stereocenters. The zero-order valence-corrected chi connectivity index (χ0v) is 16.1. The van der Waals surface area contributed by atoms with Crippen molar-refractivity contribution in [3.63, 3.8) is 0 Å². The summed E-state index contributed by atoms with van der Waals surface area (Å²) in [6, 6.07) is 6.17. The number of hydrogen-bond acceptors (Lipinski definition) is 4. The van der Waals surface area contributed by atoms with Crippen LogP contribution in [0.2, 0.25) is 0 Å². The van der Waals surface area contributed by atoms with Crippen molar-refractivity contribution >= 4 is 5.91 Å². The van der Waals surface area contributed by atoms with Crippen LogP contribution < -0.4 is 9.47 Å². The zero-order chi connectivity index (χ0) is 18.9. The molecule has 1 aromatic heterocycles. The number of aromatic nitrogens is 2. The molecule has 6 nitrogen and oxygen atoms in total. The first kappa shape index (κ1) is 17.9. The molecule has 4 rings (SSSR count). The maximum atomic E-state index is 12.5. The Morgan fingerprint density at radius 1 is 1.22 bits per heavy atom. The van der Waals surface area contributed by atoms with Crippen LogP contribution in [-0.2, 0) is 24.2 Å². The summed E-state index contributed by atoms with van der Waals surface area (Å²) in [5.74, 6) is 2.97. The summed E-state index contributed by atoms with van der Waals surface area (Å²) in [7, 11) is 0. The molecule has 2 aliphatic heterocycles. The Labute approximate surface area is 160 Å². The highest BCUT2D eigenvalue weighted by atomic mass is 16.7. The van der Waals surface area contributed by atoms with Gasteiger partial charge in [0.05, 0.1) is 0 Å². The molecule has 0 aliphatic carbocycles. The minimum Gasteiger partial charge on any atom is -0.454 e. The van der Waals surface area contributed by atoms with E-state index in [9.17, 15) is 4.79 Å². The summed E-state index contributed by atoms with van der Waals surface area (Å²) < 4.78 is 13.1. The average Bonchev–Trinajstić information content (AvgIpc) is 3.30. The Morgan fingerprint density at radius 2 is 2.07 bits per heavy atom. The van der Waals surface area contributed by atoms with Gasteiger partial charge in [-0.2, -0.15) is 0 Å². The van der Waals surface area contributed by atoms with Crippen LogP contribution in [0, 0.1) is 5.41 Å². The molecule has 0 unspecified atom stereocenters. The fourth-order valence-electron chi connectivity index (χ4n) is 4.17. The maximum Gasteiger partial charge on any atom is 0.231 e. The van der Waals surface area contributed by atoms with Crippen molar-refractivity contribution in [2.45, 2.75) is 46.1 Å². The fraction of sp³-hybridized carbons (Fsp3) is 0.524. The van der Waals surface area contributed by atoms with E-state index in [0.29, 0.717) is 13.2 Å². The number of benzene rings is 1. The van der Waals surface area contributed by atoms with Crippen molar-refractivity contribution in [1.82, 2.24) is 14.5 Å². The Bertz CT molecular complexity index is 832. The zero-order valence-electron chi connectivity index (χ0n) is 16.1. The molecule has 1 saturated heterocycles. The lowest BCUT2D eigenvalue weighted by Gasteiger charge is -2.40. The smallest absolute Gasteiger partial charge is 0.231 e. The van der Waals surface area contributed by atoms with Crippen LogP contribution in [0.25, 0.3) is 0 Å². The second-order valence-corrected chi connectivity index (χ2v) is 7.88. The van der Waals surface area contributed by atoms with Crippen molar-refractivity contribution in [1.29, 1.82) is 0 Å². The predicted octanol–water partition coefficient (Wildman–Crippen LogP) is 3.05. The molecule has 0 radical (unpaired) electrons. The lowest BCUT2D eigenvalue weighted by molar-refractivity contribution is -0.137. The van der Waals surface area contributed by atoms with Crippen LogP contribution in [0.5, 0.6) is 11.5 Å². The summed E-state index contributed by atoms with van der Waals surface area (Å²) in [6.45, 7) is 7.01. The quantitative estimate of drug-likeness (QED) is 0.785. The highest BCUT2D eigenvalue weighted by Gasteiger charge is 2.35. The summed E-state index contributed by atoms with van der Waals surface area (Å²) >= 11 is 0. The van der Waals surface area contributed by atoms with E-state index in [2.05, 4.69) is 35.5 Å². The number of ether oxygens (including phenoxy) is 2. The summed E-state index contributed by atoms with van der Waals surface area (Å²) in [5, 5.41) is 0. The van der Waals surface area contributed by atoms with Crippen LogP contribution >= 0.6 is 0 Å². The number of hydrogen-bond donors (Lipinski definition) is 0. The summed E-state index contributed by atoms with van der Waals surface area (Å²) in [5.41, 5.74) is 1.31. The summed E-state index contributed by atoms with van der Waals surface area (Å²) in [6.07, 6.45) is 7.20. The molecule has 144 valence electrons. The number of rotatable bonds is 6. The number of aryl methyl sites for hydroxylation is 1. The standard InChI is InChI=1S/C21H27N3O3/c1-3-19-22-8-9-23(19)10-11-24-14-21(2,7-6-20(24)25)13-16-4-5-17-18(12-16)27-15-26-17/h4-5,8-9,12H,3,6-7,10-11,13-15H2,1-2H3/t21-/m0/s1. The Balaban J connectivity index is 1.42. The topological polar surface area (TPSA) is 56.6 Å². The lowest BCUT2D eigenvalue weighted by atomic mass is 9.76. The van der Waals surface area contributed by atoms with Gasteiger partial charge in [0, 0.05) is 44.9 Å². The van der Waals surface area contributed by atoms with Gasteiger partial charge in [0.15, 0.2) is 11.5 Å². The van der Waals surface area contributed by atoms with Gasteiger partial charge < -0.3 is 18.9 Å². The van der Waals surface area contributed by atoms with Crippen molar-refractivity contribution < 1.29 is 14.3 Å². The van der Waals surface area contributed by atoms with Gasteiger partial charge in [-0.05, 0) is 36.0 Å². The lowest BCUT2D eigenvalue weighted by Crippen LogP contribution is -2.47. The number of amides is 1. The minimum absolute atomic E-state index is 0.0735. The van der Waals surface area contributed by atoms with E-state index in [4.69, 9.17) is 9.47 Å². The van der Waals surface area contributed by atoms with Gasteiger partial charge in [-0.15, -0.1) is 0 Å². The number of carbonyl (C=O) groups is 1. The summed E-state index contributed by atoms with van der Waals surface area (Å²) in [4.78, 5) is 18.9. The Hall–Kier alpha value is -2.50. The first-order valence-corrected chi connectivity index (χ1v) is 9.73. The first-order chi connectivity index (χ1) is 13.1. The van der Waals surface area contributed by atoms with Gasteiger partial charge in [0.25, 0.3) is 0 Å². The van der Waals surface area contributed by atoms with Gasteiger partial charge in [-0.25, -0.2) is 4.98 Å². The normalized spacial score (nSPS) is 21.7. The van der Waals surface area contributed by atoms with Gasteiger partial charge in [-0.1, -0.05) is 19.9 Å². The monoisotopic (exact) mass is 369 g/mol. The van der Waals surface area contributed by atoms with E-state index < -0.39 is 0 Å². The van der Waals surface area contributed by atoms with E-state index in [-0.39, 0.29) is 11.3 Å². The number of carbonyl (C=O) groups excluding carboxylic acids is 1. The number of imidazole rings is 1. The molecule has 1 aromatic carbocycles. The van der Waals surface area contributed by atoms with Crippen LogP contribution in [0.1, 0.15) is 38.1 Å². The second-order valence-electron chi connectivity index (χ2n) is 7.88. The van der Waals surface area contributed by atoms with E-state index in [1.165, 1.54) is 5.56 Å². The third-order valence-corrected chi connectivity index (χ3v) is 5.66. The molecule has 27 heavy (non-hydrogen) atoms. The van der Waals surface area contributed by atoms with Crippen LogP contribution in [-0.4, -0.2) is 40.2 Å². The van der Waals surface area contributed by atoms with Gasteiger partial charge in [-0.3, -0.25) is 4.79 Å². The molecule has 3 heterocycles. The van der Waals surface area contributed by atoms with E-state index in [0.717, 1.165) is 56.2 Å². The molecule has 2 aromatic rings. The third kappa shape index (κ3) is 3.80. The van der Waals surface area contributed by atoms with Gasteiger partial charge in [0.2, 0.25) is 12.7 Å². The second kappa shape index (κ2) is 7.25. The molecule has 2 aliphatic rings. The van der Waals surface area contributed by atoms with Gasteiger partial charge in [0.1, 0.15) is 5.82 Å². The molecule has 6 heteroatoms. The molecule has 1 fully saturated rings. The largest absolute Gasteiger partial charge is 0.454 e. The van der Waals surface area contributed by atoms with Crippen molar-refractivity contribution in [3.8, 4) is 11.5 Å². The predicted molar refractivity (Wildman–Crippen MR) is 102 cm³/mol. The van der Waals surface area contributed by atoms with Crippen molar-refractivity contribution in [2.75, 3.05) is 19.9 Å². The van der Waals surface area contributed by atoms with E-state index in [1.807, 2.05) is 23.4 Å². The van der Waals surface area contributed by atoms with Crippen LogP contribution in [0.3, 0.4) is 0 Å². The highest BCUT2D eigenvalue weighted by Crippen LogP contribution is 2.37. The number of likely N-dealkylation sites (tertiary alicyclic amines) is 1. The molecule has 0 spiro atoms. The highest BCUT2D eigenvalue weighted by molar-refractivity contribution is 5.77. The Morgan fingerprint density at radius 3 is 2.93 bits per heavy atom. The van der Waals surface area contributed by atoms with Crippen LogP contribution in [0.4, 0.5) is 0 Å². The van der Waals surface area contributed by atoms with Crippen molar-refractivity contribution in [2.24, 2.45) is 5.41 Å². The average molecular weight is 369 g/mol. The third-order valence-electron chi connectivity index (χ3n) is 5.66. The molecular formula is C21H27N3O3. The van der Waals surface area contributed by atoms with Gasteiger partial charge >= 0.3 is 0 Å². The molecular weight excluding hydrogens is 342 g/mol. The molecule has 1 amide bonds. The van der Waals surface area contributed by atoms with E-state index in [1.54, 1.807) is 0 Å². The first-order valence-electron chi connectivity index (χ1n) is 9.73. The van der Waals surface area contributed by atoms with E-state index >= 15 is 0 Å². The molecule has 0 saturated carbocycles. The maximum absolute atomic E-state index is 12.5.